The number of hydrogen-bond acceptors (Lipinski definition) is 5. The van der Waals surface area contributed by atoms with E-state index in [4.69, 9.17) is 4.74 Å². The SMILES string of the molecule is CCOc1ccc(C(=O)NC(C(=O)N2CCN(C(=O)c3ccc(C)s3)CC2)C(C)C)cc1. The molecule has 0 spiro atoms. The minimum Gasteiger partial charge on any atom is -0.494 e. The molecule has 1 unspecified atom stereocenters. The first kappa shape index (κ1) is 23.8. The first-order chi connectivity index (χ1) is 15.3. The van der Waals surface area contributed by atoms with Gasteiger partial charge >= 0.3 is 0 Å². The van der Waals surface area contributed by atoms with E-state index >= 15 is 0 Å². The van der Waals surface area contributed by atoms with Crippen LogP contribution in [0, 0.1) is 12.8 Å². The summed E-state index contributed by atoms with van der Waals surface area (Å²) in [6, 6.07) is 10.0. The van der Waals surface area contributed by atoms with Crippen LogP contribution in [0.15, 0.2) is 36.4 Å². The molecule has 0 radical (unpaired) electrons. The second-order valence-electron chi connectivity index (χ2n) is 8.18. The Hall–Kier alpha value is -2.87. The third-order valence-electron chi connectivity index (χ3n) is 5.48. The lowest BCUT2D eigenvalue weighted by molar-refractivity contribution is -0.135. The summed E-state index contributed by atoms with van der Waals surface area (Å²) < 4.78 is 5.41. The molecule has 1 fully saturated rings. The van der Waals surface area contributed by atoms with Crippen molar-refractivity contribution >= 4 is 29.1 Å². The molecular weight excluding hydrogens is 426 g/mol. The predicted octanol–water partition coefficient (Wildman–Crippen LogP) is 3.19. The number of piperazine rings is 1. The second kappa shape index (κ2) is 10.6. The average molecular weight is 458 g/mol. The van der Waals surface area contributed by atoms with Gasteiger partial charge in [-0.15, -0.1) is 11.3 Å². The van der Waals surface area contributed by atoms with Crippen LogP contribution in [0.1, 0.15) is 45.7 Å². The number of rotatable bonds is 7. The first-order valence-electron chi connectivity index (χ1n) is 11.0. The topological polar surface area (TPSA) is 79.0 Å². The van der Waals surface area contributed by atoms with Crippen LogP contribution in [-0.4, -0.2) is 66.3 Å². The fraction of sp³-hybridized carbons (Fsp3) is 0.458. The molecule has 1 aromatic carbocycles. The van der Waals surface area contributed by atoms with E-state index in [1.54, 1.807) is 34.1 Å². The lowest BCUT2D eigenvalue weighted by Crippen LogP contribution is -2.57. The molecule has 8 heteroatoms. The monoisotopic (exact) mass is 457 g/mol. The van der Waals surface area contributed by atoms with Crippen molar-refractivity contribution in [3.8, 4) is 5.75 Å². The van der Waals surface area contributed by atoms with Crippen LogP contribution in [0.2, 0.25) is 0 Å². The van der Waals surface area contributed by atoms with E-state index < -0.39 is 6.04 Å². The van der Waals surface area contributed by atoms with Crippen molar-refractivity contribution in [1.82, 2.24) is 15.1 Å². The number of hydrogen-bond donors (Lipinski definition) is 1. The van der Waals surface area contributed by atoms with Gasteiger partial charge in [0.15, 0.2) is 0 Å². The number of thiophene rings is 1. The maximum Gasteiger partial charge on any atom is 0.264 e. The number of nitrogens with zero attached hydrogens (tertiary/aromatic N) is 2. The number of carbonyl (C=O) groups excluding carboxylic acids is 3. The molecule has 1 aliphatic rings. The molecule has 7 nitrogen and oxygen atoms in total. The summed E-state index contributed by atoms with van der Waals surface area (Å²) in [5.41, 5.74) is 0.480. The number of nitrogens with one attached hydrogen (secondary N) is 1. The summed E-state index contributed by atoms with van der Waals surface area (Å²) in [6.07, 6.45) is 0. The number of carbonyl (C=O) groups is 3. The van der Waals surface area contributed by atoms with Crippen molar-refractivity contribution in [3.05, 3.63) is 51.7 Å². The fourth-order valence-electron chi connectivity index (χ4n) is 3.64. The molecule has 0 aliphatic carbocycles. The molecule has 1 aromatic heterocycles. The second-order valence-corrected chi connectivity index (χ2v) is 9.47. The van der Waals surface area contributed by atoms with Crippen LogP contribution >= 0.6 is 11.3 Å². The lowest BCUT2D eigenvalue weighted by atomic mass is 10.0. The zero-order chi connectivity index (χ0) is 23.3. The van der Waals surface area contributed by atoms with E-state index in [1.165, 1.54) is 11.3 Å². The van der Waals surface area contributed by atoms with Gasteiger partial charge in [-0.2, -0.15) is 0 Å². The highest BCUT2D eigenvalue weighted by Gasteiger charge is 2.32. The van der Waals surface area contributed by atoms with Crippen molar-refractivity contribution < 1.29 is 19.1 Å². The predicted molar refractivity (Wildman–Crippen MR) is 125 cm³/mol. The Bertz CT molecular complexity index is 946. The van der Waals surface area contributed by atoms with Crippen molar-refractivity contribution in [2.45, 2.75) is 33.7 Å². The maximum atomic E-state index is 13.2. The molecule has 0 saturated carbocycles. The summed E-state index contributed by atoms with van der Waals surface area (Å²) >= 11 is 1.49. The van der Waals surface area contributed by atoms with Crippen LogP contribution in [-0.2, 0) is 4.79 Å². The van der Waals surface area contributed by atoms with Crippen LogP contribution in [0.5, 0.6) is 5.75 Å². The summed E-state index contributed by atoms with van der Waals surface area (Å²) in [7, 11) is 0. The normalized spacial score (nSPS) is 14.9. The Labute approximate surface area is 193 Å². The smallest absolute Gasteiger partial charge is 0.264 e. The Balaban J connectivity index is 1.59. The van der Waals surface area contributed by atoms with Crippen molar-refractivity contribution in [2.24, 2.45) is 5.92 Å². The molecule has 172 valence electrons. The highest BCUT2D eigenvalue weighted by Crippen LogP contribution is 2.19. The highest BCUT2D eigenvalue weighted by molar-refractivity contribution is 7.13. The Morgan fingerprint density at radius 2 is 1.62 bits per heavy atom. The van der Waals surface area contributed by atoms with Crippen LogP contribution < -0.4 is 10.1 Å². The minimum atomic E-state index is -0.628. The standard InChI is InChI=1S/C24H31N3O4S/c1-5-31-19-9-7-18(8-10-19)22(28)25-21(16(2)3)24(30)27-14-12-26(13-15-27)23(29)20-11-6-17(4)32-20/h6-11,16,21H,5,12-15H2,1-4H3,(H,25,28). The molecule has 2 heterocycles. The third-order valence-corrected chi connectivity index (χ3v) is 6.47. The Kier molecular flexibility index (Phi) is 7.90. The van der Waals surface area contributed by atoms with Gasteiger partial charge in [-0.25, -0.2) is 0 Å². The number of benzene rings is 1. The van der Waals surface area contributed by atoms with Crippen molar-refractivity contribution in [2.75, 3.05) is 32.8 Å². The number of ether oxygens (including phenoxy) is 1. The van der Waals surface area contributed by atoms with E-state index in [0.717, 1.165) is 9.75 Å². The summed E-state index contributed by atoms with van der Waals surface area (Å²) in [4.78, 5) is 44.0. The zero-order valence-electron chi connectivity index (χ0n) is 19.1. The minimum absolute atomic E-state index is 0.0133. The Morgan fingerprint density at radius 3 is 2.16 bits per heavy atom. The first-order valence-corrected chi connectivity index (χ1v) is 11.8. The van der Waals surface area contributed by atoms with Gasteiger partial charge in [0.25, 0.3) is 11.8 Å². The third kappa shape index (κ3) is 5.68. The van der Waals surface area contributed by atoms with Gasteiger partial charge in [0, 0.05) is 36.6 Å². The summed E-state index contributed by atoms with van der Waals surface area (Å²) in [5.74, 6) is 0.244. The number of amides is 3. The molecule has 2 aromatic rings. The largest absolute Gasteiger partial charge is 0.494 e. The van der Waals surface area contributed by atoms with Gasteiger partial charge < -0.3 is 19.9 Å². The molecule has 1 N–H and O–H groups in total. The summed E-state index contributed by atoms with van der Waals surface area (Å²) in [5, 5.41) is 2.89. The van der Waals surface area contributed by atoms with Gasteiger partial charge in [0.1, 0.15) is 11.8 Å². The molecule has 0 bridgehead atoms. The molecule has 1 saturated heterocycles. The average Bonchev–Trinajstić information content (AvgIpc) is 3.23. The van der Waals surface area contributed by atoms with Crippen molar-refractivity contribution in [1.29, 1.82) is 0 Å². The van der Waals surface area contributed by atoms with Gasteiger partial charge in [-0.05, 0) is 56.2 Å². The van der Waals surface area contributed by atoms with Gasteiger partial charge in [-0.1, -0.05) is 13.8 Å². The number of aryl methyl sites for hydroxylation is 1. The molecular formula is C24H31N3O4S. The summed E-state index contributed by atoms with van der Waals surface area (Å²) in [6.45, 7) is 10.2. The Morgan fingerprint density at radius 1 is 1.00 bits per heavy atom. The molecule has 32 heavy (non-hydrogen) atoms. The molecule has 1 aliphatic heterocycles. The van der Waals surface area contributed by atoms with E-state index in [1.807, 2.05) is 39.8 Å². The van der Waals surface area contributed by atoms with Crippen LogP contribution in [0.25, 0.3) is 0 Å². The fourth-order valence-corrected chi connectivity index (χ4v) is 4.47. The van der Waals surface area contributed by atoms with Gasteiger partial charge in [-0.3, -0.25) is 14.4 Å². The van der Waals surface area contributed by atoms with Gasteiger partial charge in [0.05, 0.1) is 11.5 Å². The van der Waals surface area contributed by atoms with Crippen LogP contribution in [0.4, 0.5) is 0 Å². The van der Waals surface area contributed by atoms with E-state index in [-0.39, 0.29) is 23.6 Å². The quantitative estimate of drug-likeness (QED) is 0.693. The molecule has 1 atom stereocenters. The van der Waals surface area contributed by atoms with Crippen LogP contribution in [0.3, 0.4) is 0 Å². The van der Waals surface area contributed by atoms with Crippen molar-refractivity contribution in [3.63, 3.8) is 0 Å². The van der Waals surface area contributed by atoms with E-state index in [9.17, 15) is 14.4 Å². The van der Waals surface area contributed by atoms with E-state index in [0.29, 0.717) is 44.1 Å². The molecule has 3 amide bonds. The maximum absolute atomic E-state index is 13.2. The zero-order valence-corrected chi connectivity index (χ0v) is 19.9. The molecule has 3 rings (SSSR count). The highest BCUT2D eigenvalue weighted by atomic mass is 32.1. The lowest BCUT2D eigenvalue weighted by Gasteiger charge is -2.37. The van der Waals surface area contributed by atoms with Gasteiger partial charge in [0.2, 0.25) is 5.91 Å². The van der Waals surface area contributed by atoms with E-state index in [2.05, 4.69) is 5.32 Å².